The maximum Gasteiger partial charge on any atom is 0.350 e. The fourth-order valence-electron chi connectivity index (χ4n) is 2.98. The maximum atomic E-state index is 12.5. The van der Waals surface area contributed by atoms with Crippen LogP contribution in [0.15, 0.2) is 29.2 Å². The zero-order chi connectivity index (χ0) is 18.5. The van der Waals surface area contributed by atoms with Crippen LogP contribution in [0.25, 0.3) is 5.65 Å². The first-order valence-corrected chi connectivity index (χ1v) is 8.89. The Hall–Kier alpha value is -2.68. The second-order valence-electron chi connectivity index (χ2n) is 6.38. The SMILES string of the molecule is CCCNC(=O)CN1CCN(C(=O)Cn2nc3ccccn3c2=O)CC1. The molecule has 0 radical (unpaired) electrons. The molecule has 0 atom stereocenters. The van der Waals surface area contributed by atoms with Gasteiger partial charge in [0.05, 0.1) is 6.54 Å². The van der Waals surface area contributed by atoms with E-state index in [0.29, 0.717) is 44.9 Å². The highest BCUT2D eigenvalue weighted by atomic mass is 16.2. The van der Waals surface area contributed by atoms with Gasteiger partial charge in [0.25, 0.3) is 0 Å². The van der Waals surface area contributed by atoms with Gasteiger partial charge in [0.2, 0.25) is 11.8 Å². The molecule has 2 amide bonds. The normalized spacial score (nSPS) is 15.3. The van der Waals surface area contributed by atoms with Gasteiger partial charge in [0.15, 0.2) is 5.65 Å². The summed E-state index contributed by atoms with van der Waals surface area (Å²) in [5.74, 6) is -0.117. The molecule has 0 bridgehead atoms. The molecule has 2 aromatic heterocycles. The summed E-state index contributed by atoms with van der Waals surface area (Å²) in [4.78, 5) is 40.3. The number of fused-ring (bicyclic) bond motifs is 1. The van der Waals surface area contributed by atoms with Gasteiger partial charge in [-0.25, -0.2) is 9.48 Å². The number of aromatic nitrogens is 3. The number of pyridine rings is 1. The lowest BCUT2D eigenvalue weighted by Crippen LogP contribution is -2.52. The minimum atomic E-state index is -0.319. The molecule has 3 heterocycles. The lowest BCUT2D eigenvalue weighted by molar-refractivity contribution is -0.134. The molecule has 0 aromatic carbocycles. The Morgan fingerprint density at radius 1 is 1.15 bits per heavy atom. The van der Waals surface area contributed by atoms with Crippen molar-refractivity contribution >= 4 is 17.5 Å². The van der Waals surface area contributed by atoms with E-state index in [1.165, 1.54) is 9.08 Å². The summed E-state index contributed by atoms with van der Waals surface area (Å²) < 4.78 is 2.61. The Bertz CT molecular complexity index is 834. The molecule has 0 unspecified atom stereocenters. The number of carbonyl (C=O) groups excluding carboxylic acids is 2. The van der Waals surface area contributed by atoms with Crippen LogP contribution in [0.4, 0.5) is 0 Å². The second kappa shape index (κ2) is 8.13. The van der Waals surface area contributed by atoms with Crippen LogP contribution in [0.3, 0.4) is 0 Å². The molecular weight excluding hydrogens is 336 g/mol. The van der Waals surface area contributed by atoms with Gasteiger partial charge >= 0.3 is 5.69 Å². The summed E-state index contributed by atoms with van der Waals surface area (Å²) in [6, 6.07) is 5.27. The highest BCUT2D eigenvalue weighted by Crippen LogP contribution is 2.03. The minimum Gasteiger partial charge on any atom is -0.355 e. The van der Waals surface area contributed by atoms with Gasteiger partial charge in [-0.05, 0) is 18.6 Å². The first kappa shape index (κ1) is 18.1. The fraction of sp³-hybridized carbons (Fsp3) is 0.529. The summed E-state index contributed by atoms with van der Waals surface area (Å²) in [5.41, 5.74) is 0.202. The molecule has 1 aliphatic rings. The third kappa shape index (κ3) is 4.10. The van der Waals surface area contributed by atoms with E-state index in [2.05, 4.69) is 10.4 Å². The zero-order valence-corrected chi connectivity index (χ0v) is 14.9. The van der Waals surface area contributed by atoms with E-state index < -0.39 is 0 Å². The molecule has 0 spiro atoms. The lowest BCUT2D eigenvalue weighted by atomic mass is 10.3. The number of carbonyl (C=O) groups is 2. The fourth-order valence-corrected chi connectivity index (χ4v) is 2.98. The van der Waals surface area contributed by atoms with E-state index in [4.69, 9.17) is 0 Å². The quantitative estimate of drug-likeness (QED) is 0.726. The summed E-state index contributed by atoms with van der Waals surface area (Å²) in [5, 5.41) is 7.04. The van der Waals surface area contributed by atoms with E-state index in [1.54, 1.807) is 29.3 Å². The van der Waals surface area contributed by atoms with Gasteiger partial charge in [0.1, 0.15) is 6.54 Å². The topological polar surface area (TPSA) is 91.9 Å². The average Bonchev–Trinajstić information content (AvgIpc) is 2.96. The largest absolute Gasteiger partial charge is 0.355 e. The van der Waals surface area contributed by atoms with Crippen molar-refractivity contribution in [3.05, 3.63) is 34.9 Å². The lowest BCUT2D eigenvalue weighted by Gasteiger charge is -2.34. The third-order valence-corrected chi connectivity index (χ3v) is 4.44. The first-order valence-electron chi connectivity index (χ1n) is 8.89. The van der Waals surface area contributed by atoms with Crippen molar-refractivity contribution in [2.24, 2.45) is 0 Å². The highest BCUT2D eigenvalue weighted by molar-refractivity contribution is 5.78. The summed E-state index contributed by atoms with van der Waals surface area (Å²) in [6.07, 6.45) is 2.55. The highest BCUT2D eigenvalue weighted by Gasteiger charge is 2.23. The summed E-state index contributed by atoms with van der Waals surface area (Å²) >= 11 is 0. The van der Waals surface area contributed by atoms with Crippen molar-refractivity contribution in [1.29, 1.82) is 0 Å². The van der Waals surface area contributed by atoms with Crippen molar-refractivity contribution in [3.8, 4) is 0 Å². The van der Waals surface area contributed by atoms with Crippen molar-refractivity contribution in [3.63, 3.8) is 0 Å². The standard InChI is InChI=1S/C17H24N6O3/c1-2-6-18-15(24)12-20-8-10-21(11-9-20)16(25)13-23-17(26)22-7-4-3-5-14(22)19-23/h3-5,7H,2,6,8-13H2,1H3,(H,18,24). The molecule has 0 aliphatic carbocycles. The summed E-state index contributed by atoms with van der Waals surface area (Å²) in [6.45, 7) is 5.36. The Labute approximate surface area is 151 Å². The Kier molecular flexibility index (Phi) is 5.67. The number of hydrogen-bond donors (Lipinski definition) is 1. The molecule has 2 aromatic rings. The van der Waals surface area contributed by atoms with Crippen LogP contribution < -0.4 is 11.0 Å². The van der Waals surface area contributed by atoms with E-state index >= 15 is 0 Å². The Morgan fingerprint density at radius 3 is 2.62 bits per heavy atom. The minimum absolute atomic E-state index is 0.0166. The second-order valence-corrected chi connectivity index (χ2v) is 6.38. The van der Waals surface area contributed by atoms with Crippen LogP contribution in [0.5, 0.6) is 0 Å². The summed E-state index contributed by atoms with van der Waals surface area (Å²) in [7, 11) is 0. The average molecular weight is 360 g/mol. The van der Waals surface area contributed by atoms with Crippen molar-refractivity contribution in [1.82, 2.24) is 29.3 Å². The van der Waals surface area contributed by atoms with Gasteiger partial charge in [-0.15, -0.1) is 5.10 Å². The van der Waals surface area contributed by atoms with Crippen LogP contribution in [0.1, 0.15) is 13.3 Å². The molecule has 9 heteroatoms. The smallest absolute Gasteiger partial charge is 0.350 e. The van der Waals surface area contributed by atoms with E-state index in [-0.39, 0.29) is 24.0 Å². The van der Waals surface area contributed by atoms with E-state index in [0.717, 1.165) is 6.42 Å². The van der Waals surface area contributed by atoms with Crippen LogP contribution >= 0.6 is 0 Å². The van der Waals surface area contributed by atoms with E-state index in [9.17, 15) is 14.4 Å². The number of rotatable bonds is 6. The predicted molar refractivity (Wildman–Crippen MR) is 95.8 cm³/mol. The predicted octanol–water partition coefficient (Wildman–Crippen LogP) is -0.834. The van der Waals surface area contributed by atoms with Gasteiger partial charge in [-0.3, -0.25) is 18.9 Å². The third-order valence-electron chi connectivity index (χ3n) is 4.44. The van der Waals surface area contributed by atoms with Crippen LogP contribution in [0, 0.1) is 0 Å². The number of nitrogens with one attached hydrogen (secondary N) is 1. The zero-order valence-electron chi connectivity index (χ0n) is 14.9. The molecule has 1 N–H and O–H groups in total. The number of nitrogens with zero attached hydrogens (tertiary/aromatic N) is 5. The molecule has 1 aliphatic heterocycles. The number of amides is 2. The molecule has 0 saturated carbocycles. The molecule has 9 nitrogen and oxygen atoms in total. The molecule has 140 valence electrons. The van der Waals surface area contributed by atoms with Gasteiger partial charge < -0.3 is 10.2 Å². The van der Waals surface area contributed by atoms with Gasteiger partial charge in [0, 0.05) is 38.9 Å². The first-order chi connectivity index (χ1) is 12.6. The van der Waals surface area contributed by atoms with Crippen molar-refractivity contribution in [2.75, 3.05) is 39.3 Å². The molecule has 3 rings (SSSR count). The molecule has 1 fully saturated rings. The Morgan fingerprint density at radius 2 is 1.92 bits per heavy atom. The molecule has 26 heavy (non-hydrogen) atoms. The molecule has 1 saturated heterocycles. The van der Waals surface area contributed by atoms with Crippen molar-refractivity contribution < 1.29 is 9.59 Å². The number of hydrogen-bond acceptors (Lipinski definition) is 5. The van der Waals surface area contributed by atoms with Crippen LogP contribution in [-0.2, 0) is 16.1 Å². The monoisotopic (exact) mass is 360 g/mol. The maximum absolute atomic E-state index is 12.5. The van der Waals surface area contributed by atoms with Crippen LogP contribution in [0.2, 0.25) is 0 Å². The van der Waals surface area contributed by atoms with E-state index in [1.807, 2.05) is 11.8 Å². The Balaban J connectivity index is 1.53. The van der Waals surface area contributed by atoms with Gasteiger partial charge in [-0.1, -0.05) is 13.0 Å². The van der Waals surface area contributed by atoms with Crippen molar-refractivity contribution in [2.45, 2.75) is 19.9 Å². The van der Waals surface area contributed by atoms with Crippen LogP contribution in [-0.4, -0.2) is 75.1 Å². The number of piperazine rings is 1. The molecular formula is C17H24N6O3. The van der Waals surface area contributed by atoms with Gasteiger partial charge in [-0.2, -0.15) is 0 Å².